The van der Waals surface area contributed by atoms with Crippen LogP contribution in [-0.4, -0.2) is 74.7 Å². The van der Waals surface area contributed by atoms with Gasteiger partial charge in [-0.05, 0) is 75.0 Å². The highest BCUT2D eigenvalue weighted by atomic mass is 16.6. The van der Waals surface area contributed by atoms with Crippen LogP contribution in [0.15, 0.2) is 0 Å². The Kier molecular flexibility index (Phi) is 6.48. The van der Waals surface area contributed by atoms with E-state index in [4.69, 9.17) is 9.47 Å². The second kappa shape index (κ2) is 8.88. The van der Waals surface area contributed by atoms with Crippen LogP contribution in [0.3, 0.4) is 0 Å². The lowest BCUT2D eigenvalue weighted by Gasteiger charge is -2.57. The number of hydrogen-bond acceptors (Lipinski definition) is 4. The summed E-state index contributed by atoms with van der Waals surface area (Å²) in [5.74, 6) is 2.98. The molecule has 5 fully saturated rings. The van der Waals surface area contributed by atoms with Gasteiger partial charge in [-0.1, -0.05) is 0 Å². The highest BCUT2D eigenvalue weighted by Gasteiger charge is 2.50. The van der Waals surface area contributed by atoms with Crippen LogP contribution in [0.4, 0.5) is 4.79 Å². The molecule has 4 saturated carbocycles. The molecule has 4 aliphatic carbocycles. The molecule has 1 heterocycles. The molecule has 1 aliphatic heterocycles. The van der Waals surface area contributed by atoms with Gasteiger partial charge in [0.1, 0.15) is 12.6 Å². The number of piperazine rings is 1. The van der Waals surface area contributed by atoms with Crippen LogP contribution >= 0.6 is 0 Å². The monoisotopic (exact) mass is 395 g/mol. The maximum Gasteiger partial charge on any atom is 0.410 e. The Morgan fingerprint density at radius 3 is 2.32 bits per heavy atom. The van der Waals surface area contributed by atoms with Gasteiger partial charge in [0.25, 0.3) is 0 Å². The quantitative estimate of drug-likeness (QED) is 0.609. The first-order chi connectivity index (χ1) is 13.5. The molecule has 1 atom stereocenters. The van der Waals surface area contributed by atoms with E-state index in [2.05, 4.69) is 0 Å². The Labute approximate surface area is 169 Å². The predicted octanol–water partition coefficient (Wildman–Crippen LogP) is 1.33. The van der Waals surface area contributed by atoms with Crippen molar-refractivity contribution >= 4 is 6.09 Å². The van der Waals surface area contributed by atoms with E-state index in [1.807, 2.05) is 6.92 Å². The van der Waals surface area contributed by atoms with E-state index in [1.165, 1.54) is 49.8 Å². The summed E-state index contributed by atoms with van der Waals surface area (Å²) in [5.41, 5.74) is 0.564. The summed E-state index contributed by atoms with van der Waals surface area (Å²) in [6.45, 7) is 7.33. The molecule has 2 N–H and O–H groups in total. The lowest BCUT2D eigenvalue weighted by Crippen LogP contribution is -3.15. The predicted molar refractivity (Wildman–Crippen MR) is 106 cm³/mol. The molecule has 0 radical (unpaired) electrons. The largest absolute Gasteiger partial charge is 0.450 e. The Hall–Kier alpha value is -0.850. The molecule has 1 amide bonds. The third-order valence-corrected chi connectivity index (χ3v) is 7.77. The number of nitrogens with one attached hydrogen (secondary N) is 1. The molecule has 0 aromatic carbocycles. The number of hydrogen-bond donors (Lipinski definition) is 2. The number of nitrogens with zero attached hydrogens (tertiary/aromatic N) is 1. The molecule has 160 valence electrons. The van der Waals surface area contributed by atoms with Crippen LogP contribution < -0.4 is 4.90 Å². The fraction of sp³-hybridized carbons (Fsp3) is 0.955. The van der Waals surface area contributed by atoms with Crippen LogP contribution in [-0.2, 0) is 9.47 Å². The maximum atomic E-state index is 11.8. The molecular formula is C22H39N2O4+. The summed E-state index contributed by atoms with van der Waals surface area (Å²) >= 11 is 0. The van der Waals surface area contributed by atoms with Gasteiger partial charge in [-0.25, -0.2) is 4.79 Å². The van der Waals surface area contributed by atoms with Gasteiger partial charge in [0.15, 0.2) is 0 Å². The average molecular weight is 396 g/mol. The number of rotatable bonds is 8. The Morgan fingerprint density at radius 1 is 1.14 bits per heavy atom. The summed E-state index contributed by atoms with van der Waals surface area (Å²) in [6, 6.07) is 0. The first kappa shape index (κ1) is 20.4. The van der Waals surface area contributed by atoms with Crippen molar-refractivity contribution in [2.45, 2.75) is 58.0 Å². The molecule has 5 aliphatic rings. The zero-order valence-corrected chi connectivity index (χ0v) is 17.5. The maximum absolute atomic E-state index is 11.8. The van der Waals surface area contributed by atoms with E-state index in [1.54, 1.807) is 4.90 Å². The number of amides is 1. The third kappa shape index (κ3) is 4.82. The van der Waals surface area contributed by atoms with E-state index in [9.17, 15) is 9.90 Å². The molecule has 6 nitrogen and oxygen atoms in total. The number of aliphatic hydroxyl groups excluding tert-OH is 1. The minimum atomic E-state index is -0.416. The van der Waals surface area contributed by atoms with Crippen molar-refractivity contribution in [2.75, 3.05) is 52.5 Å². The fourth-order valence-electron chi connectivity index (χ4n) is 6.92. The molecule has 28 heavy (non-hydrogen) atoms. The molecule has 1 saturated heterocycles. The number of quaternary nitrogens is 1. The second-order valence-corrected chi connectivity index (χ2v) is 10.0. The van der Waals surface area contributed by atoms with Crippen molar-refractivity contribution in [3.63, 3.8) is 0 Å². The smallest absolute Gasteiger partial charge is 0.410 e. The van der Waals surface area contributed by atoms with Crippen LogP contribution in [0.25, 0.3) is 0 Å². The summed E-state index contributed by atoms with van der Waals surface area (Å²) in [5, 5.41) is 10.4. The van der Waals surface area contributed by atoms with Crippen molar-refractivity contribution in [3.05, 3.63) is 0 Å². The van der Waals surface area contributed by atoms with Crippen LogP contribution in [0, 0.1) is 23.2 Å². The SMILES string of the molecule is CCOC(=O)N1CC[NH+](C[C@@H](O)COCCC23CC4CC(CC(C4)C2)C3)CC1. The minimum Gasteiger partial charge on any atom is -0.450 e. The molecule has 0 aromatic heterocycles. The highest BCUT2D eigenvalue weighted by Crippen LogP contribution is 2.61. The van der Waals surface area contributed by atoms with Crippen LogP contribution in [0.5, 0.6) is 0 Å². The Morgan fingerprint density at radius 2 is 1.75 bits per heavy atom. The van der Waals surface area contributed by atoms with E-state index >= 15 is 0 Å². The lowest BCUT2D eigenvalue weighted by atomic mass is 9.49. The molecule has 5 rings (SSSR count). The van der Waals surface area contributed by atoms with Gasteiger partial charge in [0.2, 0.25) is 0 Å². The van der Waals surface area contributed by atoms with Crippen LogP contribution in [0.2, 0.25) is 0 Å². The summed E-state index contributed by atoms with van der Waals surface area (Å²) in [6.07, 6.45) is 9.32. The standard InChI is InChI=1S/C22H38N2O4/c1-2-28-21(26)24-6-4-23(5-7-24)15-20(25)16-27-8-3-22-12-17-9-18(13-22)11-19(10-17)14-22/h17-20,25H,2-16H2,1H3/p+1/t17?,18?,19?,20-,22?/m1/s1. The zero-order valence-electron chi connectivity index (χ0n) is 17.5. The van der Waals surface area contributed by atoms with Crippen molar-refractivity contribution in [2.24, 2.45) is 23.2 Å². The van der Waals surface area contributed by atoms with Crippen molar-refractivity contribution < 1.29 is 24.3 Å². The number of ether oxygens (including phenoxy) is 2. The average Bonchev–Trinajstić information content (AvgIpc) is 2.65. The van der Waals surface area contributed by atoms with Gasteiger partial charge in [-0.15, -0.1) is 0 Å². The zero-order chi connectivity index (χ0) is 19.6. The number of aliphatic hydroxyl groups is 1. The molecule has 0 unspecified atom stereocenters. The van der Waals surface area contributed by atoms with Gasteiger partial charge >= 0.3 is 6.09 Å². The molecular weight excluding hydrogens is 356 g/mol. The first-order valence-corrected chi connectivity index (χ1v) is 11.6. The van der Waals surface area contributed by atoms with E-state index in [-0.39, 0.29) is 6.09 Å². The lowest BCUT2D eigenvalue weighted by molar-refractivity contribution is -0.907. The van der Waals surface area contributed by atoms with E-state index < -0.39 is 6.10 Å². The topological polar surface area (TPSA) is 63.4 Å². The molecule has 6 heteroatoms. The first-order valence-electron chi connectivity index (χ1n) is 11.6. The highest BCUT2D eigenvalue weighted by molar-refractivity contribution is 5.67. The van der Waals surface area contributed by atoms with Gasteiger partial charge in [-0.2, -0.15) is 0 Å². The van der Waals surface area contributed by atoms with Gasteiger partial charge in [-0.3, -0.25) is 4.90 Å². The number of carbonyl (C=O) groups is 1. The Bertz CT molecular complexity index is 497. The second-order valence-electron chi connectivity index (χ2n) is 10.0. The molecule has 4 bridgehead atoms. The van der Waals surface area contributed by atoms with Gasteiger partial charge in [0.05, 0.1) is 39.4 Å². The van der Waals surface area contributed by atoms with Crippen LogP contribution in [0.1, 0.15) is 51.9 Å². The summed E-state index contributed by atoms with van der Waals surface area (Å²) in [4.78, 5) is 14.9. The Balaban J connectivity index is 1.11. The van der Waals surface area contributed by atoms with Gasteiger partial charge in [0, 0.05) is 6.61 Å². The summed E-state index contributed by atoms with van der Waals surface area (Å²) < 4.78 is 11.0. The van der Waals surface area contributed by atoms with Crippen molar-refractivity contribution in [1.82, 2.24) is 4.90 Å². The van der Waals surface area contributed by atoms with Crippen molar-refractivity contribution in [1.29, 1.82) is 0 Å². The van der Waals surface area contributed by atoms with Crippen molar-refractivity contribution in [3.8, 4) is 0 Å². The normalized spacial score (nSPS) is 35.9. The fourth-order valence-corrected chi connectivity index (χ4v) is 6.92. The number of carbonyl (C=O) groups excluding carboxylic acids is 1. The third-order valence-electron chi connectivity index (χ3n) is 7.77. The minimum absolute atomic E-state index is 0.213. The van der Waals surface area contributed by atoms with E-state index in [0.29, 0.717) is 38.3 Å². The molecule has 0 aromatic rings. The van der Waals surface area contributed by atoms with E-state index in [0.717, 1.165) is 37.5 Å². The molecule has 0 spiro atoms. The van der Waals surface area contributed by atoms with Gasteiger partial charge < -0.3 is 19.5 Å². The summed E-state index contributed by atoms with van der Waals surface area (Å²) in [7, 11) is 0.